The molecular formula is C26H25. The average molecular weight is 337 g/mol. The van der Waals surface area contributed by atoms with E-state index in [1.165, 1.54) is 32.7 Å². The second-order valence-electron chi connectivity index (χ2n) is 7.16. The molecule has 0 heteroatoms. The Morgan fingerprint density at radius 3 is 1.54 bits per heavy atom. The third kappa shape index (κ3) is 2.80. The van der Waals surface area contributed by atoms with Crippen molar-refractivity contribution >= 4 is 21.5 Å². The number of benzene rings is 4. The van der Waals surface area contributed by atoms with Gasteiger partial charge in [0.25, 0.3) is 0 Å². The van der Waals surface area contributed by atoms with Crippen molar-refractivity contribution in [3.05, 3.63) is 103 Å². The first-order valence-corrected chi connectivity index (χ1v) is 9.54. The molecule has 0 unspecified atom stereocenters. The molecule has 0 heterocycles. The lowest BCUT2D eigenvalue weighted by molar-refractivity contribution is 0.460. The van der Waals surface area contributed by atoms with Crippen LogP contribution in [0.25, 0.3) is 21.5 Å². The minimum atomic E-state index is 0.00973. The SMILES string of the molecule is [CH2]CCC(CC)(c1ccc2ccccc2c1)c1ccc2ccccc2c1. The molecule has 0 bridgehead atoms. The summed E-state index contributed by atoms with van der Waals surface area (Å²) >= 11 is 0. The predicted octanol–water partition coefficient (Wildman–Crippen LogP) is 7.30. The Morgan fingerprint density at radius 2 is 1.12 bits per heavy atom. The smallest absolute Gasteiger partial charge is 0.0200 e. The van der Waals surface area contributed by atoms with Crippen molar-refractivity contribution in [2.45, 2.75) is 31.6 Å². The van der Waals surface area contributed by atoms with Crippen LogP contribution in [0.15, 0.2) is 84.9 Å². The van der Waals surface area contributed by atoms with E-state index >= 15 is 0 Å². The topological polar surface area (TPSA) is 0 Å². The second kappa shape index (κ2) is 6.96. The number of rotatable bonds is 5. The standard InChI is InChI=1S/C26H25/c1-3-17-26(4-2,24-15-13-20-9-5-7-11-22(20)18-24)25-16-14-21-10-6-8-12-23(21)19-25/h5-16,18-19H,1,3-4,17H2,2H3. The molecule has 0 aliphatic heterocycles. The second-order valence-corrected chi connectivity index (χ2v) is 7.16. The lowest BCUT2D eigenvalue weighted by atomic mass is 9.69. The first kappa shape index (κ1) is 16.8. The summed E-state index contributed by atoms with van der Waals surface area (Å²) in [6.07, 6.45) is 3.05. The molecule has 0 fully saturated rings. The van der Waals surface area contributed by atoms with Crippen molar-refractivity contribution in [2.24, 2.45) is 0 Å². The third-order valence-electron chi connectivity index (χ3n) is 5.81. The molecule has 4 rings (SSSR count). The van der Waals surface area contributed by atoms with Gasteiger partial charge in [-0.05, 0) is 45.5 Å². The molecule has 26 heavy (non-hydrogen) atoms. The summed E-state index contributed by atoms with van der Waals surface area (Å²) in [6, 6.07) is 31.2. The van der Waals surface area contributed by atoms with E-state index in [2.05, 4.69) is 98.8 Å². The summed E-state index contributed by atoms with van der Waals surface area (Å²) in [7, 11) is 0. The zero-order chi connectivity index (χ0) is 18.0. The van der Waals surface area contributed by atoms with Crippen molar-refractivity contribution in [3.63, 3.8) is 0 Å². The van der Waals surface area contributed by atoms with Gasteiger partial charge < -0.3 is 0 Å². The molecule has 0 N–H and O–H groups in total. The van der Waals surface area contributed by atoms with Crippen LogP contribution in [-0.4, -0.2) is 0 Å². The van der Waals surface area contributed by atoms with E-state index in [1.54, 1.807) is 0 Å². The van der Waals surface area contributed by atoms with Gasteiger partial charge in [-0.1, -0.05) is 105 Å². The normalized spacial score (nSPS) is 11.9. The van der Waals surface area contributed by atoms with Crippen molar-refractivity contribution < 1.29 is 0 Å². The van der Waals surface area contributed by atoms with Gasteiger partial charge in [0.1, 0.15) is 0 Å². The molecule has 0 aromatic heterocycles. The van der Waals surface area contributed by atoms with Crippen LogP contribution in [0.2, 0.25) is 0 Å². The highest BCUT2D eigenvalue weighted by atomic mass is 14.3. The fourth-order valence-electron chi connectivity index (χ4n) is 4.32. The van der Waals surface area contributed by atoms with Gasteiger partial charge in [0.2, 0.25) is 0 Å². The first-order valence-electron chi connectivity index (χ1n) is 9.54. The van der Waals surface area contributed by atoms with Gasteiger partial charge in [-0.25, -0.2) is 0 Å². The van der Waals surface area contributed by atoms with Gasteiger partial charge in [0, 0.05) is 5.41 Å². The molecule has 0 spiro atoms. The molecule has 4 aromatic rings. The van der Waals surface area contributed by atoms with Crippen LogP contribution < -0.4 is 0 Å². The summed E-state index contributed by atoms with van der Waals surface area (Å²) in [5, 5.41) is 5.23. The lowest BCUT2D eigenvalue weighted by Gasteiger charge is -2.35. The molecule has 129 valence electrons. The van der Waals surface area contributed by atoms with E-state index in [4.69, 9.17) is 0 Å². The number of hydrogen-bond donors (Lipinski definition) is 0. The van der Waals surface area contributed by atoms with Gasteiger partial charge in [0.05, 0.1) is 0 Å². The molecule has 0 saturated carbocycles. The van der Waals surface area contributed by atoms with Crippen LogP contribution in [0.5, 0.6) is 0 Å². The summed E-state index contributed by atoms with van der Waals surface area (Å²) in [5.41, 5.74) is 2.81. The molecule has 0 saturated heterocycles. The summed E-state index contributed by atoms with van der Waals surface area (Å²) in [5.74, 6) is 0. The molecule has 0 atom stereocenters. The third-order valence-corrected chi connectivity index (χ3v) is 5.81. The highest BCUT2D eigenvalue weighted by Crippen LogP contribution is 2.41. The Hall–Kier alpha value is -2.60. The average Bonchev–Trinajstić information content (AvgIpc) is 2.71. The molecule has 0 aliphatic rings. The highest BCUT2D eigenvalue weighted by molar-refractivity contribution is 5.85. The fraction of sp³-hybridized carbons (Fsp3) is 0.192. The van der Waals surface area contributed by atoms with Gasteiger partial charge in [-0.2, -0.15) is 0 Å². The molecule has 0 amide bonds. The Labute approximate surface area is 156 Å². The molecule has 4 aromatic carbocycles. The van der Waals surface area contributed by atoms with Gasteiger partial charge in [0.15, 0.2) is 0 Å². The van der Waals surface area contributed by atoms with Crippen molar-refractivity contribution in [1.82, 2.24) is 0 Å². The van der Waals surface area contributed by atoms with E-state index in [9.17, 15) is 0 Å². The minimum absolute atomic E-state index is 0.00973. The van der Waals surface area contributed by atoms with Crippen LogP contribution in [0, 0.1) is 6.92 Å². The molecular weight excluding hydrogens is 312 g/mol. The highest BCUT2D eigenvalue weighted by Gasteiger charge is 2.31. The Balaban J connectivity index is 1.93. The summed E-state index contributed by atoms with van der Waals surface area (Å²) in [4.78, 5) is 0. The predicted molar refractivity (Wildman–Crippen MR) is 114 cm³/mol. The lowest BCUT2D eigenvalue weighted by Crippen LogP contribution is -2.26. The van der Waals surface area contributed by atoms with Crippen LogP contribution >= 0.6 is 0 Å². The quantitative estimate of drug-likeness (QED) is 0.358. The zero-order valence-electron chi connectivity index (χ0n) is 15.4. The summed E-state index contributed by atoms with van der Waals surface area (Å²) in [6.45, 7) is 6.50. The van der Waals surface area contributed by atoms with Gasteiger partial charge in [-0.3, -0.25) is 0 Å². The van der Waals surface area contributed by atoms with Gasteiger partial charge >= 0.3 is 0 Å². The van der Waals surface area contributed by atoms with E-state index in [0.29, 0.717) is 0 Å². The zero-order valence-corrected chi connectivity index (χ0v) is 15.4. The Bertz CT molecular complexity index is 962. The van der Waals surface area contributed by atoms with Crippen LogP contribution in [0.3, 0.4) is 0 Å². The van der Waals surface area contributed by atoms with Crippen molar-refractivity contribution in [2.75, 3.05) is 0 Å². The van der Waals surface area contributed by atoms with E-state index < -0.39 is 0 Å². The monoisotopic (exact) mass is 337 g/mol. The maximum Gasteiger partial charge on any atom is 0.0200 e. The van der Waals surface area contributed by atoms with Crippen molar-refractivity contribution in [3.8, 4) is 0 Å². The Morgan fingerprint density at radius 1 is 0.654 bits per heavy atom. The number of hydrogen-bond acceptors (Lipinski definition) is 0. The summed E-state index contributed by atoms with van der Waals surface area (Å²) < 4.78 is 0. The van der Waals surface area contributed by atoms with Crippen LogP contribution in [-0.2, 0) is 5.41 Å². The Kier molecular flexibility index (Phi) is 4.51. The van der Waals surface area contributed by atoms with Crippen LogP contribution in [0.4, 0.5) is 0 Å². The van der Waals surface area contributed by atoms with Crippen LogP contribution in [0.1, 0.15) is 37.3 Å². The molecule has 0 nitrogen and oxygen atoms in total. The number of fused-ring (bicyclic) bond motifs is 2. The van der Waals surface area contributed by atoms with E-state index in [-0.39, 0.29) is 5.41 Å². The maximum absolute atomic E-state index is 4.19. The molecule has 1 radical (unpaired) electrons. The van der Waals surface area contributed by atoms with Gasteiger partial charge in [-0.15, -0.1) is 0 Å². The maximum atomic E-state index is 4.19. The first-order chi connectivity index (χ1) is 12.8. The van der Waals surface area contributed by atoms with Crippen molar-refractivity contribution in [1.29, 1.82) is 0 Å². The minimum Gasteiger partial charge on any atom is -0.0642 e. The molecule has 0 aliphatic carbocycles. The van der Waals surface area contributed by atoms with E-state index in [0.717, 1.165) is 19.3 Å². The largest absolute Gasteiger partial charge is 0.0642 e. The van der Waals surface area contributed by atoms with E-state index in [1.807, 2.05) is 0 Å². The fourth-order valence-corrected chi connectivity index (χ4v) is 4.32.